The molecule has 0 atom stereocenters. The highest BCUT2D eigenvalue weighted by atomic mass is 16.5. The monoisotopic (exact) mass is 277 g/mol. The molecular formula is C14H19N3O3. The number of nitrogens with two attached hydrogens (primary N) is 1. The normalized spacial score (nSPS) is 32.0. The number of amides is 1. The molecule has 3 heterocycles. The first-order chi connectivity index (χ1) is 9.58. The van der Waals surface area contributed by atoms with Gasteiger partial charge < -0.3 is 21.0 Å². The van der Waals surface area contributed by atoms with Gasteiger partial charge in [-0.2, -0.15) is 4.73 Å². The number of rotatable bonds is 3. The Balaban J connectivity index is 1.73. The van der Waals surface area contributed by atoms with Crippen molar-refractivity contribution in [3.05, 3.63) is 35.3 Å². The maximum absolute atomic E-state index is 12.3. The maximum Gasteiger partial charge on any atom is 0.317 e. The lowest BCUT2D eigenvalue weighted by Gasteiger charge is -2.52. The van der Waals surface area contributed by atoms with Crippen molar-refractivity contribution in [2.24, 2.45) is 5.73 Å². The molecule has 0 aromatic carbocycles. The molecule has 4 rings (SSSR count). The van der Waals surface area contributed by atoms with Crippen molar-refractivity contribution in [2.45, 2.75) is 36.8 Å². The van der Waals surface area contributed by atoms with Crippen LogP contribution in [0.3, 0.4) is 0 Å². The summed E-state index contributed by atoms with van der Waals surface area (Å²) in [5.74, 6) is -0.341. The zero-order valence-electron chi connectivity index (χ0n) is 11.3. The summed E-state index contributed by atoms with van der Waals surface area (Å²) < 4.78 is 6.45. The Morgan fingerprint density at radius 3 is 2.70 bits per heavy atom. The third kappa shape index (κ3) is 2.14. The molecule has 3 fully saturated rings. The Morgan fingerprint density at radius 1 is 1.40 bits per heavy atom. The van der Waals surface area contributed by atoms with Crippen molar-refractivity contribution in [2.75, 3.05) is 13.2 Å². The highest BCUT2D eigenvalue weighted by molar-refractivity contribution is 5.91. The standard InChI is InChI=1S/C14H19N3O3/c15-9-14-6-4-13(5-7-14,10-20-14)16-12(18)11-3-1-2-8-17(11)19/h1-3,8H,4-7,9-10,15H2,(H,16,18). The van der Waals surface area contributed by atoms with Crippen LogP contribution in [0, 0.1) is 5.21 Å². The van der Waals surface area contributed by atoms with Crippen LogP contribution in [0.1, 0.15) is 36.2 Å². The number of carbonyl (C=O) groups excluding carboxylic acids is 1. The second-order valence-corrected chi connectivity index (χ2v) is 5.82. The van der Waals surface area contributed by atoms with Gasteiger partial charge in [0.2, 0.25) is 0 Å². The molecule has 1 aromatic rings. The molecule has 0 unspecified atom stereocenters. The summed E-state index contributed by atoms with van der Waals surface area (Å²) in [6, 6.07) is 4.80. The molecule has 1 amide bonds. The molecular weight excluding hydrogens is 258 g/mol. The zero-order chi connectivity index (χ0) is 14.2. The van der Waals surface area contributed by atoms with Gasteiger partial charge in [0.15, 0.2) is 6.20 Å². The van der Waals surface area contributed by atoms with Gasteiger partial charge in [0.25, 0.3) is 5.69 Å². The second kappa shape index (κ2) is 4.71. The summed E-state index contributed by atoms with van der Waals surface area (Å²) in [4.78, 5) is 12.3. The number of nitrogens with one attached hydrogen (secondary N) is 1. The molecule has 3 N–H and O–H groups in total. The summed E-state index contributed by atoms with van der Waals surface area (Å²) in [5.41, 5.74) is 5.34. The summed E-state index contributed by atoms with van der Waals surface area (Å²) in [6.45, 7) is 0.998. The van der Waals surface area contributed by atoms with Crippen LogP contribution < -0.4 is 15.8 Å². The third-order valence-electron chi connectivity index (χ3n) is 4.58. The van der Waals surface area contributed by atoms with E-state index in [1.807, 2.05) is 0 Å². The van der Waals surface area contributed by atoms with Crippen LogP contribution >= 0.6 is 0 Å². The van der Waals surface area contributed by atoms with Gasteiger partial charge in [-0.25, -0.2) is 0 Å². The predicted molar refractivity (Wildman–Crippen MR) is 71.8 cm³/mol. The van der Waals surface area contributed by atoms with E-state index in [1.165, 1.54) is 12.3 Å². The van der Waals surface area contributed by atoms with Gasteiger partial charge in [-0.15, -0.1) is 0 Å². The molecule has 6 heteroatoms. The molecule has 2 bridgehead atoms. The second-order valence-electron chi connectivity index (χ2n) is 5.82. The van der Waals surface area contributed by atoms with Crippen LogP contribution in [0.5, 0.6) is 0 Å². The largest absolute Gasteiger partial charge is 0.618 e. The first-order valence-corrected chi connectivity index (χ1v) is 6.93. The minimum absolute atomic E-state index is 0.114. The molecule has 3 aliphatic rings. The van der Waals surface area contributed by atoms with E-state index in [0.29, 0.717) is 17.9 Å². The number of carbonyl (C=O) groups is 1. The Labute approximate surface area is 117 Å². The number of hydrogen-bond donors (Lipinski definition) is 2. The van der Waals surface area contributed by atoms with Crippen LogP contribution in [-0.4, -0.2) is 30.2 Å². The fraction of sp³-hybridized carbons (Fsp3) is 0.571. The van der Waals surface area contributed by atoms with Gasteiger partial charge in [0.05, 0.1) is 17.7 Å². The number of pyridine rings is 1. The van der Waals surface area contributed by atoms with E-state index in [9.17, 15) is 10.0 Å². The minimum atomic E-state index is -0.350. The van der Waals surface area contributed by atoms with Gasteiger partial charge in [-0.3, -0.25) is 4.79 Å². The van der Waals surface area contributed by atoms with E-state index in [0.717, 1.165) is 25.7 Å². The maximum atomic E-state index is 12.3. The molecule has 1 saturated carbocycles. The third-order valence-corrected chi connectivity index (χ3v) is 4.58. The molecule has 2 aliphatic heterocycles. The molecule has 1 aliphatic carbocycles. The van der Waals surface area contributed by atoms with Gasteiger partial charge in [-0.1, -0.05) is 0 Å². The molecule has 108 valence electrons. The van der Waals surface area contributed by atoms with Crippen molar-refractivity contribution >= 4 is 5.91 Å². The van der Waals surface area contributed by atoms with Crippen LogP contribution in [0.2, 0.25) is 0 Å². The molecule has 2 saturated heterocycles. The lowest BCUT2D eigenvalue weighted by atomic mass is 9.71. The number of aromatic nitrogens is 1. The molecule has 1 aromatic heterocycles. The topological polar surface area (TPSA) is 91.3 Å². The van der Waals surface area contributed by atoms with Crippen LogP contribution in [0.4, 0.5) is 0 Å². The van der Waals surface area contributed by atoms with E-state index in [-0.39, 0.29) is 22.7 Å². The summed E-state index contributed by atoms with van der Waals surface area (Å²) in [5, 5.41) is 14.6. The zero-order valence-corrected chi connectivity index (χ0v) is 11.3. The SMILES string of the molecule is NCC12CCC(NC(=O)c3cccc[n+]3[O-])(CC1)CO2. The van der Waals surface area contributed by atoms with Crippen molar-refractivity contribution in [3.8, 4) is 0 Å². The van der Waals surface area contributed by atoms with E-state index in [4.69, 9.17) is 10.5 Å². The summed E-state index contributed by atoms with van der Waals surface area (Å²) >= 11 is 0. The lowest BCUT2D eigenvalue weighted by molar-refractivity contribution is -0.607. The number of hydrogen-bond acceptors (Lipinski definition) is 4. The van der Waals surface area contributed by atoms with Crippen LogP contribution in [-0.2, 0) is 4.74 Å². The van der Waals surface area contributed by atoms with Gasteiger partial charge in [0.1, 0.15) is 0 Å². The van der Waals surface area contributed by atoms with Crippen molar-refractivity contribution in [3.63, 3.8) is 0 Å². The first kappa shape index (κ1) is 13.3. The van der Waals surface area contributed by atoms with E-state index >= 15 is 0 Å². The molecule has 0 radical (unpaired) electrons. The van der Waals surface area contributed by atoms with Crippen molar-refractivity contribution in [1.29, 1.82) is 0 Å². The summed E-state index contributed by atoms with van der Waals surface area (Å²) in [6.07, 6.45) is 4.74. The van der Waals surface area contributed by atoms with Crippen LogP contribution in [0.15, 0.2) is 24.4 Å². The number of fused-ring (bicyclic) bond motifs is 3. The van der Waals surface area contributed by atoms with Gasteiger partial charge in [-0.05, 0) is 31.7 Å². The Bertz CT molecular complexity index is 508. The molecule has 20 heavy (non-hydrogen) atoms. The Hall–Kier alpha value is -1.66. The number of ether oxygens (including phenoxy) is 1. The minimum Gasteiger partial charge on any atom is -0.618 e. The van der Waals surface area contributed by atoms with E-state index in [1.54, 1.807) is 12.1 Å². The fourth-order valence-corrected chi connectivity index (χ4v) is 3.10. The first-order valence-electron chi connectivity index (χ1n) is 6.93. The van der Waals surface area contributed by atoms with Crippen molar-refractivity contribution in [1.82, 2.24) is 5.32 Å². The highest BCUT2D eigenvalue weighted by Crippen LogP contribution is 2.43. The fourth-order valence-electron chi connectivity index (χ4n) is 3.10. The van der Waals surface area contributed by atoms with E-state index < -0.39 is 0 Å². The smallest absolute Gasteiger partial charge is 0.317 e. The quantitative estimate of drug-likeness (QED) is 0.605. The lowest BCUT2D eigenvalue weighted by Crippen LogP contribution is -2.65. The van der Waals surface area contributed by atoms with Crippen LogP contribution in [0.25, 0.3) is 0 Å². The van der Waals surface area contributed by atoms with Crippen molar-refractivity contribution < 1.29 is 14.3 Å². The average molecular weight is 277 g/mol. The number of nitrogens with zero attached hydrogens (tertiary/aromatic N) is 1. The molecule has 6 nitrogen and oxygen atoms in total. The molecule has 0 spiro atoms. The highest BCUT2D eigenvalue weighted by Gasteiger charge is 2.50. The Kier molecular flexibility index (Phi) is 3.14. The van der Waals surface area contributed by atoms with Gasteiger partial charge >= 0.3 is 5.91 Å². The Morgan fingerprint density at radius 2 is 2.15 bits per heavy atom. The van der Waals surface area contributed by atoms with E-state index in [2.05, 4.69) is 5.32 Å². The predicted octanol–water partition coefficient (Wildman–Crippen LogP) is 0.0903. The average Bonchev–Trinajstić information content (AvgIpc) is 2.49. The van der Waals surface area contributed by atoms with Gasteiger partial charge in [0, 0.05) is 18.7 Å². The summed E-state index contributed by atoms with van der Waals surface area (Å²) in [7, 11) is 0.